The van der Waals surface area contributed by atoms with Crippen LogP contribution < -0.4 is 11.1 Å². The van der Waals surface area contributed by atoms with E-state index in [0.29, 0.717) is 16.1 Å². The van der Waals surface area contributed by atoms with Crippen molar-refractivity contribution in [3.63, 3.8) is 0 Å². The lowest BCUT2D eigenvalue weighted by atomic mass is 9.95. The maximum absolute atomic E-state index is 12.6. The van der Waals surface area contributed by atoms with Gasteiger partial charge in [0.05, 0.1) is 5.56 Å². The molecule has 4 nitrogen and oxygen atoms in total. The molecule has 1 aliphatic carbocycles. The second-order valence-corrected chi connectivity index (χ2v) is 7.16. The van der Waals surface area contributed by atoms with E-state index < -0.39 is 5.91 Å². The van der Waals surface area contributed by atoms with E-state index in [-0.39, 0.29) is 5.91 Å². The highest BCUT2D eigenvalue weighted by Gasteiger charge is 2.25. The summed E-state index contributed by atoms with van der Waals surface area (Å²) in [5.41, 5.74) is 9.76. The minimum Gasteiger partial charge on any atom is -0.365 e. The minimum atomic E-state index is -0.458. The molecule has 0 saturated carbocycles. The average molecular weight is 328 g/mol. The van der Waals surface area contributed by atoms with Crippen molar-refractivity contribution >= 4 is 28.2 Å². The number of carbonyl (C=O) groups is 2. The number of anilines is 1. The molecule has 3 rings (SSSR count). The molecule has 0 radical (unpaired) electrons. The number of thiophene rings is 1. The second kappa shape index (κ2) is 6.16. The molecule has 1 heterocycles. The first kappa shape index (κ1) is 15.7. The van der Waals surface area contributed by atoms with Gasteiger partial charge in [-0.05, 0) is 56.7 Å². The Morgan fingerprint density at radius 2 is 1.91 bits per heavy atom. The number of primary amides is 1. The van der Waals surface area contributed by atoms with Crippen LogP contribution in [0.2, 0.25) is 0 Å². The molecule has 1 aliphatic rings. The molecule has 23 heavy (non-hydrogen) atoms. The first-order valence-corrected chi connectivity index (χ1v) is 8.62. The lowest BCUT2D eigenvalue weighted by Gasteiger charge is -2.11. The Morgan fingerprint density at radius 1 is 1.17 bits per heavy atom. The molecule has 3 N–H and O–H groups in total. The fraction of sp³-hybridized carbons (Fsp3) is 0.333. The molecule has 0 bridgehead atoms. The van der Waals surface area contributed by atoms with Crippen LogP contribution in [0.25, 0.3) is 0 Å². The van der Waals surface area contributed by atoms with Crippen molar-refractivity contribution in [2.45, 2.75) is 39.5 Å². The summed E-state index contributed by atoms with van der Waals surface area (Å²) in [6, 6.07) is 5.71. The van der Waals surface area contributed by atoms with Gasteiger partial charge in [0, 0.05) is 10.4 Å². The summed E-state index contributed by atoms with van der Waals surface area (Å²) in [5.74, 6) is -0.649. The van der Waals surface area contributed by atoms with Crippen molar-refractivity contribution in [3.8, 4) is 0 Å². The number of fused-ring (bicyclic) bond motifs is 1. The van der Waals surface area contributed by atoms with E-state index in [2.05, 4.69) is 5.32 Å². The van der Waals surface area contributed by atoms with Gasteiger partial charge in [0.2, 0.25) is 0 Å². The zero-order valence-electron chi connectivity index (χ0n) is 13.4. The Kier molecular flexibility index (Phi) is 4.22. The third-order valence-corrected chi connectivity index (χ3v) is 5.48. The Labute approximate surface area is 139 Å². The molecular formula is C18H20N2O2S. The van der Waals surface area contributed by atoms with Gasteiger partial charge >= 0.3 is 0 Å². The predicted molar refractivity (Wildman–Crippen MR) is 93.3 cm³/mol. The second-order valence-electron chi connectivity index (χ2n) is 6.05. The van der Waals surface area contributed by atoms with Crippen LogP contribution in [0.4, 0.5) is 5.00 Å². The molecule has 120 valence electrons. The minimum absolute atomic E-state index is 0.191. The van der Waals surface area contributed by atoms with Crippen LogP contribution in [0.1, 0.15) is 55.1 Å². The summed E-state index contributed by atoms with van der Waals surface area (Å²) in [4.78, 5) is 25.6. The summed E-state index contributed by atoms with van der Waals surface area (Å²) in [5, 5.41) is 3.50. The lowest BCUT2D eigenvalue weighted by molar-refractivity contribution is 0.100. The molecular weight excluding hydrogens is 308 g/mol. The molecule has 0 unspecified atom stereocenters. The molecule has 0 spiro atoms. The Morgan fingerprint density at radius 3 is 2.61 bits per heavy atom. The number of nitrogens with two attached hydrogens (primary N) is 1. The predicted octanol–water partition coefficient (Wildman–Crippen LogP) is 3.59. The highest BCUT2D eigenvalue weighted by molar-refractivity contribution is 7.17. The van der Waals surface area contributed by atoms with E-state index in [1.807, 2.05) is 32.0 Å². The molecule has 0 atom stereocenters. The van der Waals surface area contributed by atoms with Crippen LogP contribution in [-0.2, 0) is 12.8 Å². The summed E-state index contributed by atoms with van der Waals surface area (Å²) in [6.07, 6.45) is 4.01. The van der Waals surface area contributed by atoms with Gasteiger partial charge in [0.15, 0.2) is 0 Å². The molecule has 2 aromatic rings. The Bertz CT molecular complexity index is 793. The number of rotatable bonds is 3. The number of hydrogen-bond donors (Lipinski definition) is 2. The van der Waals surface area contributed by atoms with Crippen molar-refractivity contribution in [3.05, 3.63) is 50.9 Å². The van der Waals surface area contributed by atoms with Gasteiger partial charge in [-0.3, -0.25) is 9.59 Å². The Balaban J connectivity index is 1.95. The van der Waals surface area contributed by atoms with Gasteiger partial charge in [0.1, 0.15) is 5.00 Å². The third-order valence-electron chi connectivity index (χ3n) is 4.27. The first-order chi connectivity index (χ1) is 11.0. The monoisotopic (exact) mass is 328 g/mol. The van der Waals surface area contributed by atoms with Crippen molar-refractivity contribution in [1.82, 2.24) is 0 Å². The van der Waals surface area contributed by atoms with E-state index >= 15 is 0 Å². The lowest BCUT2D eigenvalue weighted by Crippen LogP contribution is -2.19. The van der Waals surface area contributed by atoms with Gasteiger partial charge in [0.25, 0.3) is 11.8 Å². The maximum atomic E-state index is 12.6. The SMILES string of the molecule is Cc1ccc(C(=O)Nc2sc3c(c2C(N)=O)CCCC3)c(C)c1. The van der Waals surface area contributed by atoms with E-state index in [1.54, 1.807) is 0 Å². The summed E-state index contributed by atoms with van der Waals surface area (Å²) in [6.45, 7) is 3.91. The van der Waals surface area contributed by atoms with Gasteiger partial charge < -0.3 is 11.1 Å². The smallest absolute Gasteiger partial charge is 0.256 e. The van der Waals surface area contributed by atoms with E-state index in [9.17, 15) is 9.59 Å². The fourth-order valence-electron chi connectivity index (χ4n) is 3.15. The van der Waals surface area contributed by atoms with Crippen LogP contribution >= 0.6 is 11.3 Å². The van der Waals surface area contributed by atoms with Gasteiger partial charge in [-0.25, -0.2) is 0 Å². The quantitative estimate of drug-likeness (QED) is 0.903. The highest BCUT2D eigenvalue weighted by atomic mass is 32.1. The number of carbonyl (C=O) groups excluding carboxylic acids is 2. The van der Waals surface area contributed by atoms with Gasteiger partial charge in [-0.2, -0.15) is 0 Å². The molecule has 0 fully saturated rings. The first-order valence-electron chi connectivity index (χ1n) is 7.80. The standard InChI is InChI=1S/C18H20N2O2S/c1-10-7-8-12(11(2)9-10)17(22)20-18-15(16(19)21)13-5-3-4-6-14(13)23-18/h7-9H,3-6H2,1-2H3,(H2,19,21)(H,20,22). The zero-order chi connectivity index (χ0) is 16.6. The zero-order valence-corrected chi connectivity index (χ0v) is 14.2. The van der Waals surface area contributed by atoms with Crippen LogP contribution in [0.3, 0.4) is 0 Å². The molecule has 2 amide bonds. The van der Waals surface area contributed by atoms with Crippen LogP contribution in [0.15, 0.2) is 18.2 Å². The van der Waals surface area contributed by atoms with Gasteiger partial charge in [-0.1, -0.05) is 17.7 Å². The number of amides is 2. The number of aryl methyl sites for hydroxylation is 3. The van der Waals surface area contributed by atoms with Crippen molar-refractivity contribution in [2.24, 2.45) is 5.73 Å². The number of benzene rings is 1. The summed E-state index contributed by atoms with van der Waals surface area (Å²) in [7, 11) is 0. The molecule has 0 aliphatic heterocycles. The van der Waals surface area contributed by atoms with E-state index in [0.717, 1.165) is 42.4 Å². The van der Waals surface area contributed by atoms with Crippen LogP contribution in [0.5, 0.6) is 0 Å². The van der Waals surface area contributed by atoms with Crippen molar-refractivity contribution in [2.75, 3.05) is 5.32 Å². The summed E-state index contributed by atoms with van der Waals surface area (Å²) >= 11 is 1.49. The third kappa shape index (κ3) is 3.01. The summed E-state index contributed by atoms with van der Waals surface area (Å²) < 4.78 is 0. The molecule has 5 heteroatoms. The molecule has 0 saturated heterocycles. The van der Waals surface area contributed by atoms with E-state index in [1.165, 1.54) is 16.2 Å². The van der Waals surface area contributed by atoms with E-state index in [4.69, 9.17) is 5.73 Å². The van der Waals surface area contributed by atoms with Crippen molar-refractivity contribution < 1.29 is 9.59 Å². The highest BCUT2D eigenvalue weighted by Crippen LogP contribution is 2.38. The normalized spacial score (nSPS) is 13.5. The largest absolute Gasteiger partial charge is 0.365 e. The van der Waals surface area contributed by atoms with Gasteiger partial charge in [-0.15, -0.1) is 11.3 Å². The average Bonchev–Trinajstić information content (AvgIpc) is 2.84. The Hall–Kier alpha value is -2.14. The number of hydrogen-bond acceptors (Lipinski definition) is 3. The van der Waals surface area contributed by atoms with Crippen molar-refractivity contribution in [1.29, 1.82) is 0 Å². The van der Waals surface area contributed by atoms with Crippen LogP contribution in [0, 0.1) is 13.8 Å². The molecule has 1 aromatic carbocycles. The number of nitrogens with one attached hydrogen (secondary N) is 1. The fourth-order valence-corrected chi connectivity index (χ4v) is 4.44. The maximum Gasteiger partial charge on any atom is 0.256 e. The topological polar surface area (TPSA) is 72.2 Å². The van der Waals surface area contributed by atoms with Crippen LogP contribution in [-0.4, -0.2) is 11.8 Å². The molecule has 1 aromatic heterocycles.